The molecule has 0 aromatic heterocycles. The van der Waals surface area contributed by atoms with E-state index in [-0.39, 0.29) is 0 Å². The van der Waals surface area contributed by atoms with E-state index in [1.54, 1.807) is 0 Å². The Balaban J connectivity index is 2.71. The Labute approximate surface area is 67.8 Å². The third-order valence-electron chi connectivity index (χ3n) is 2.91. The van der Waals surface area contributed by atoms with Crippen LogP contribution in [0, 0.1) is 0 Å². The maximum Gasteiger partial charge on any atom is 0.301 e. The number of amides is 1. The Morgan fingerprint density at radius 1 is 1.73 bits per heavy atom. The second-order valence-corrected chi connectivity index (χ2v) is 3.28. The molecule has 1 heterocycles. The first kappa shape index (κ1) is 8.68. The molecule has 1 rings (SSSR count). The van der Waals surface area contributed by atoms with Crippen LogP contribution in [0.15, 0.2) is 0 Å². The molecule has 11 heavy (non-hydrogen) atoms. The van der Waals surface area contributed by atoms with Crippen LogP contribution >= 0.6 is 0 Å². The van der Waals surface area contributed by atoms with Crippen LogP contribution in [0.3, 0.4) is 0 Å². The van der Waals surface area contributed by atoms with E-state index in [4.69, 9.17) is 5.73 Å². The molecule has 2 atom stereocenters. The standard InChI is InChI=1S/C8H17N2O/c1-2-10(7-11)5-3-4-8(10)6-9/h7-8H,2-6,9H2,1H3/q+1. The molecule has 0 bridgehead atoms. The van der Waals surface area contributed by atoms with Crippen LogP contribution in [0.2, 0.25) is 0 Å². The number of rotatable bonds is 3. The van der Waals surface area contributed by atoms with Crippen molar-refractivity contribution in [2.24, 2.45) is 5.73 Å². The molecular formula is C8H17N2O+. The number of nitrogens with two attached hydrogens (primary N) is 1. The molecule has 1 amide bonds. The lowest BCUT2D eigenvalue weighted by Gasteiger charge is -2.31. The highest BCUT2D eigenvalue weighted by Crippen LogP contribution is 2.23. The summed E-state index contributed by atoms with van der Waals surface area (Å²) in [6, 6.07) is 0.387. The van der Waals surface area contributed by atoms with Crippen molar-refractivity contribution < 1.29 is 9.28 Å². The average Bonchev–Trinajstić information content (AvgIpc) is 2.47. The first-order valence-electron chi connectivity index (χ1n) is 4.32. The number of nitrogens with zero attached hydrogens (tertiary/aromatic N) is 1. The van der Waals surface area contributed by atoms with E-state index in [9.17, 15) is 4.79 Å². The lowest BCUT2D eigenvalue weighted by Crippen LogP contribution is -2.53. The van der Waals surface area contributed by atoms with E-state index in [0.717, 1.165) is 32.3 Å². The SMILES string of the molecule is CC[N+]1(C=O)CCCC1CN. The zero-order chi connectivity index (χ0) is 8.32. The third-order valence-corrected chi connectivity index (χ3v) is 2.91. The van der Waals surface area contributed by atoms with Gasteiger partial charge in [0.05, 0.1) is 13.1 Å². The summed E-state index contributed by atoms with van der Waals surface area (Å²) in [5, 5.41) is 0. The number of hydrogen-bond donors (Lipinski definition) is 1. The van der Waals surface area contributed by atoms with Gasteiger partial charge < -0.3 is 5.73 Å². The number of likely N-dealkylation sites (N-methyl/N-ethyl adjacent to an activating group) is 1. The highest BCUT2D eigenvalue weighted by molar-refractivity contribution is 5.38. The molecule has 0 radical (unpaired) electrons. The quantitative estimate of drug-likeness (QED) is 0.466. The monoisotopic (exact) mass is 157 g/mol. The Morgan fingerprint density at radius 2 is 2.45 bits per heavy atom. The molecule has 3 nitrogen and oxygen atoms in total. The fraction of sp³-hybridized carbons (Fsp3) is 0.875. The van der Waals surface area contributed by atoms with Crippen LogP contribution in [0.1, 0.15) is 19.8 Å². The smallest absolute Gasteiger partial charge is 0.301 e. The molecule has 2 N–H and O–H groups in total. The van der Waals surface area contributed by atoms with Crippen molar-refractivity contribution in [1.82, 2.24) is 0 Å². The minimum Gasteiger partial charge on any atom is -0.325 e. The summed E-state index contributed by atoms with van der Waals surface area (Å²) < 4.78 is 0.594. The lowest BCUT2D eigenvalue weighted by molar-refractivity contribution is -0.854. The number of carbonyl (C=O) groups excluding carboxylic acids is 1. The van der Waals surface area contributed by atoms with Gasteiger partial charge in [-0.15, -0.1) is 0 Å². The largest absolute Gasteiger partial charge is 0.325 e. The van der Waals surface area contributed by atoms with Gasteiger partial charge in [-0.1, -0.05) is 0 Å². The molecule has 0 aromatic rings. The maximum absolute atomic E-state index is 10.8. The zero-order valence-corrected chi connectivity index (χ0v) is 7.12. The summed E-state index contributed by atoms with van der Waals surface area (Å²) in [4.78, 5) is 10.8. The predicted molar refractivity (Wildman–Crippen MR) is 43.8 cm³/mol. The molecule has 3 heteroatoms. The van der Waals surface area contributed by atoms with Crippen molar-refractivity contribution in [3.63, 3.8) is 0 Å². The molecule has 1 fully saturated rings. The van der Waals surface area contributed by atoms with E-state index in [1.807, 2.05) is 0 Å². The van der Waals surface area contributed by atoms with E-state index < -0.39 is 0 Å². The summed E-state index contributed by atoms with van der Waals surface area (Å²) in [5.41, 5.74) is 5.59. The number of hydrogen-bond acceptors (Lipinski definition) is 2. The zero-order valence-electron chi connectivity index (χ0n) is 7.12. The Hall–Kier alpha value is -0.410. The Bertz CT molecular complexity index is 149. The van der Waals surface area contributed by atoms with Crippen molar-refractivity contribution in [2.45, 2.75) is 25.8 Å². The first-order valence-corrected chi connectivity index (χ1v) is 4.32. The fourth-order valence-electron chi connectivity index (χ4n) is 2.02. The summed E-state index contributed by atoms with van der Waals surface area (Å²) in [5.74, 6) is 0. The van der Waals surface area contributed by atoms with Crippen molar-refractivity contribution in [2.75, 3.05) is 19.6 Å². The van der Waals surface area contributed by atoms with E-state index >= 15 is 0 Å². The van der Waals surface area contributed by atoms with Crippen molar-refractivity contribution in [1.29, 1.82) is 0 Å². The van der Waals surface area contributed by atoms with Gasteiger partial charge in [-0.3, -0.25) is 4.48 Å². The van der Waals surface area contributed by atoms with Gasteiger partial charge in [0.1, 0.15) is 6.04 Å². The van der Waals surface area contributed by atoms with E-state index in [0.29, 0.717) is 17.1 Å². The Kier molecular flexibility index (Phi) is 2.62. The van der Waals surface area contributed by atoms with Crippen LogP contribution < -0.4 is 5.73 Å². The van der Waals surface area contributed by atoms with E-state index in [1.165, 1.54) is 0 Å². The minimum absolute atomic E-state index is 0.387. The molecular weight excluding hydrogens is 140 g/mol. The van der Waals surface area contributed by atoms with Crippen LogP contribution in [-0.2, 0) is 4.79 Å². The van der Waals surface area contributed by atoms with Gasteiger partial charge in [-0.2, -0.15) is 0 Å². The summed E-state index contributed by atoms with van der Waals surface area (Å²) in [6.07, 6.45) is 3.34. The predicted octanol–water partition coefficient (Wildman–Crippen LogP) is 0.101. The average molecular weight is 157 g/mol. The molecule has 1 saturated heterocycles. The van der Waals surface area contributed by atoms with Gasteiger partial charge >= 0.3 is 6.41 Å². The maximum atomic E-state index is 10.8. The van der Waals surface area contributed by atoms with Gasteiger partial charge in [0.25, 0.3) is 0 Å². The van der Waals surface area contributed by atoms with Crippen LogP contribution in [0.5, 0.6) is 0 Å². The minimum atomic E-state index is 0.387. The fourth-order valence-corrected chi connectivity index (χ4v) is 2.02. The second kappa shape index (κ2) is 3.32. The highest BCUT2D eigenvalue weighted by Gasteiger charge is 2.39. The highest BCUT2D eigenvalue weighted by atomic mass is 16.1. The normalized spacial score (nSPS) is 37.5. The molecule has 0 aromatic carbocycles. The first-order chi connectivity index (χ1) is 5.29. The molecule has 1 aliphatic rings. The van der Waals surface area contributed by atoms with Gasteiger partial charge in [0.2, 0.25) is 0 Å². The summed E-state index contributed by atoms with van der Waals surface area (Å²) in [7, 11) is 0. The van der Waals surface area contributed by atoms with Crippen LogP contribution in [-0.4, -0.2) is 36.6 Å². The molecule has 2 unspecified atom stereocenters. The van der Waals surface area contributed by atoms with Crippen LogP contribution in [0.4, 0.5) is 0 Å². The third kappa shape index (κ3) is 1.30. The summed E-state index contributed by atoms with van der Waals surface area (Å²) in [6.45, 7) is 4.59. The van der Waals surface area contributed by atoms with Crippen LogP contribution in [0.25, 0.3) is 0 Å². The van der Waals surface area contributed by atoms with Gasteiger partial charge in [0.15, 0.2) is 0 Å². The van der Waals surface area contributed by atoms with Crippen molar-refractivity contribution in [3.05, 3.63) is 0 Å². The van der Waals surface area contributed by atoms with Gasteiger partial charge in [0, 0.05) is 19.4 Å². The van der Waals surface area contributed by atoms with Crippen molar-refractivity contribution >= 4 is 6.41 Å². The molecule has 0 aliphatic carbocycles. The Morgan fingerprint density at radius 3 is 2.82 bits per heavy atom. The second-order valence-electron chi connectivity index (χ2n) is 3.28. The van der Waals surface area contributed by atoms with Gasteiger partial charge in [-0.05, 0) is 6.92 Å². The molecule has 0 spiro atoms. The van der Waals surface area contributed by atoms with E-state index in [2.05, 4.69) is 6.92 Å². The van der Waals surface area contributed by atoms with Crippen molar-refractivity contribution in [3.8, 4) is 0 Å². The number of carbonyl (C=O) groups is 1. The number of likely N-dealkylation sites (tertiary alicyclic amines) is 1. The lowest BCUT2D eigenvalue weighted by atomic mass is 10.2. The van der Waals surface area contributed by atoms with Gasteiger partial charge in [-0.25, -0.2) is 4.79 Å². The summed E-state index contributed by atoms with van der Waals surface area (Å²) >= 11 is 0. The number of quaternary nitrogens is 1. The molecule has 64 valence electrons. The topological polar surface area (TPSA) is 43.1 Å². The molecule has 0 saturated carbocycles. The molecule has 1 aliphatic heterocycles.